The molecular formula is C14H16N4O. The highest BCUT2D eigenvalue weighted by molar-refractivity contribution is 5.82. The van der Waals surface area contributed by atoms with E-state index in [0.717, 1.165) is 24.7 Å². The van der Waals surface area contributed by atoms with Gasteiger partial charge in [0.2, 0.25) is 5.91 Å². The molecule has 0 bridgehead atoms. The molecule has 98 valence electrons. The number of rotatable bonds is 3. The third-order valence-corrected chi connectivity index (χ3v) is 3.99. The molecule has 5 heteroatoms. The third kappa shape index (κ3) is 2.26. The second-order valence-corrected chi connectivity index (χ2v) is 5.31. The van der Waals surface area contributed by atoms with Crippen molar-refractivity contribution in [3.05, 3.63) is 23.9 Å². The fraction of sp³-hybridized carbons (Fsp3) is 0.500. The Labute approximate surface area is 112 Å². The van der Waals surface area contributed by atoms with Crippen LogP contribution in [0.5, 0.6) is 0 Å². The summed E-state index contributed by atoms with van der Waals surface area (Å²) < 4.78 is 0. The molecule has 1 saturated heterocycles. The Kier molecular flexibility index (Phi) is 2.86. The smallest absolute Gasteiger partial charge is 0.242 e. The zero-order valence-corrected chi connectivity index (χ0v) is 10.9. The molecule has 2 fully saturated rings. The lowest BCUT2D eigenvalue weighted by Gasteiger charge is -2.23. The Balaban J connectivity index is 1.62. The highest BCUT2D eigenvalue weighted by atomic mass is 16.2. The first-order valence-corrected chi connectivity index (χ1v) is 6.56. The van der Waals surface area contributed by atoms with E-state index in [0.29, 0.717) is 18.2 Å². The van der Waals surface area contributed by atoms with E-state index in [2.05, 4.69) is 4.98 Å². The number of likely N-dealkylation sites (N-methyl/N-ethyl adjacent to an activating group) is 1. The largest absolute Gasteiger partial charge is 0.350 e. The molecule has 2 atom stereocenters. The van der Waals surface area contributed by atoms with Crippen LogP contribution in [0, 0.1) is 17.2 Å². The average molecular weight is 256 g/mol. The molecule has 3 rings (SSSR count). The topological polar surface area (TPSA) is 60.2 Å². The number of nitriles is 1. The molecule has 1 aromatic rings. The predicted molar refractivity (Wildman–Crippen MR) is 70.4 cm³/mol. The van der Waals surface area contributed by atoms with Crippen LogP contribution >= 0.6 is 0 Å². The fourth-order valence-corrected chi connectivity index (χ4v) is 2.76. The number of pyridine rings is 1. The molecule has 1 saturated carbocycles. The molecule has 19 heavy (non-hydrogen) atoms. The van der Waals surface area contributed by atoms with Gasteiger partial charge in [-0.15, -0.1) is 0 Å². The van der Waals surface area contributed by atoms with Crippen LogP contribution in [0.25, 0.3) is 0 Å². The van der Waals surface area contributed by atoms with Gasteiger partial charge in [-0.2, -0.15) is 5.26 Å². The number of carbonyl (C=O) groups is 1. The molecule has 0 radical (unpaired) electrons. The van der Waals surface area contributed by atoms with E-state index in [4.69, 9.17) is 5.26 Å². The Bertz CT molecular complexity index is 533. The highest BCUT2D eigenvalue weighted by Gasteiger charge is 2.48. The molecular weight excluding hydrogens is 240 g/mol. The predicted octanol–water partition coefficient (Wildman–Crippen LogP) is 1.01. The van der Waals surface area contributed by atoms with Crippen molar-refractivity contribution < 1.29 is 4.79 Å². The van der Waals surface area contributed by atoms with Crippen molar-refractivity contribution in [1.82, 2.24) is 9.88 Å². The standard InChI is InChI=1S/C14H16N4O/c1-17(13-3-2-10(7-15)8-16-13)9-14(19)18-5-4-11-6-12(11)18/h2-3,8,11-12H,4-6,9H2,1H3. The van der Waals surface area contributed by atoms with Crippen molar-refractivity contribution in [3.63, 3.8) is 0 Å². The SMILES string of the molecule is CN(CC(=O)N1CCC2CC21)c1ccc(C#N)cn1. The van der Waals surface area contributed by atoms with E-state index in [-0.39, 0.29) is 5.91 Å². The van der Waals surface area contributed by atoms with E-state index in [1.54, 1.807) is 12.1 Å². The van der Waals surface area contributed by atoms with E-state index in [1.165, 1.54) is 12.6 Å². The molecule has 1 aromatic heterocycles. The summed E-state index contributed by atoms with van der Waals surface area (Å²) in [7, 11) is 1.85. The van der Waals surface area contributed by atoms with Crippen LogP contribution < -0.4 is 4.90 Å². The molecule has 2 aliphatic rings. The lowest BCUT2D eigenvalue weighted by molar-refractivity contribution is -0.129. The number of nitrogens with zero attached hydrogens (tertiary/aromatic N) is 4. The maximum atomic E-state index is 12.2. The second kappa shape index (κ2) is 4.54. The number of carbonyl (C=O) groups excluding carboxylic acids is 1. The Morgan fingerprint density at radius 2 is 2.47 bits per heavy atom. The van der Waals surface area contributed by atoms with Gasteiger partial charge in [-0.05, 0) is 30.9 Å². The first-order valence-electron chi connectivity index (χ1n) is 6.56. The summed E-state index contributed by atoms with van der Waals surface area (Å²) in [4.78, 5) is 20.2. The monoisotopic (exact) mass is 256 g/mol. The maximum Gasteiger partial charge on any atom is 0.242 e. The lowest BCUT2D eigenvalue weighted by atomic mass is 10.3. The lowest BCUT2D eigenvalue weighted by Crippen LogP contribution is -2.39. The Morgan fingerprint density at radius 3 is 3.00 bits per heavy atom. The number of likely N-dealkylation sites (tertiary alicyclic amines) is 1. The minimum atomic E-state index is 0.179. The van der Waals surface area contributed by atoms with Gasteiger partial charge in [-0.1, -0.05) is 0 Å². The number of anilines is 1. The molecule has 5 nitrogen and oxygen atoms in total. The van der Waals surface area contributed by atoms with Gasteiger partial charge in [0.25, 0.3) is 0 Å². The van der Waals surface area contributed by atoms with Gasteiger partial charge < -0.3 is 9.80 Å². The summed E-state index contributed by atoms with van der Waals surface area (Å²) in [6.07, 6.45) is 3.88. The van der Waals surface area contributed by atoms with E-state index >= 15 is 0 Å². The zero-order valence-electron chi connectivity index (χ0n) is 10.9. The van der Waals surface area contributed by atoms with Gasteiger partial charge in [0.1, 0.15) is 11.9 Å². The van der Waals surface area contributed by atoms with Crippen LogP contribution in [0.3, 0.4) is 0 Å². The zero-order chi connectivity index (χ0) is 13.4. The van der Waals surface area contributed by atoms with Crippen molar-refractivity contribution in [2.24, 2.45) is 5.92 Å². The molecule has 2 unspecified atom stereocenters. The number of fused-ring (bicyclic) bond motifs is 1. The maximum absolute atomic E-state index is 12.2. The Hall–Kier alpha value is -2.09. The van der Waals surface area contributed by atoms with Crippen molar-refractivity contribution >= 4 is 11.7 Å². The van der Waals surface area contributed by atoms with E-state index < -0.39 is 0 Å². The number of amides is 1. The second-order valence-electron chi connectivity index (χ2n) is 5.31. The first-order chi connectivity index (χ1) is 9.19. The van der Waals surface area contributed by atoms with Crippen LogP contribution in [-0.2, 0) is 4.79 Å². The summed E-state index contributed by atoms with van der Waals surface area (Å²) in [5, 5.41) is 8.73. The Morgan fingerprint density at radius 1 is 1.63 bits per heavy atom. The van der Waals surface area contributed by atoms with Crippen LogP contribution in [0.2, 0.25) is 0 Å². The van der Waals surface area contributed by atoms with Gasteiger partial charge in [-0.3, -0.25) is 4.79 Å². The van der Waals surface area contributed by atoms with Crippen LogP contribution in [0.15, 0.2) is 18.3 Å². The van der Waals surface area contributed by atoms with Crippen molar-refractivity contribution in [2.75, 3.05) is 25.0 Å². The van der Waals surface area contributed by atoms with Gasteiger partial charge in [0.05, 0.1) is 12.1 Å². The average Bonchev–Trinajstić information content (AvgIpc) is 3.09. The third-order valence-electron chi connectivity index (χ3n) is 3.99. The van der Waals surface area contributed by atoms with Gasteiger partial charge in [0.15, 0.2) is 0 Å². The van der Waals surface area contributed by atoms with Crippen LogP contribution in [0.1, 0.15) is 18.4 Å². The number of hydrogen-bond donors (Lipinski definition) is 0. The van der Waals surface area contributed by atoms with Gasteiger partial charge >= 0.3 is 0 Å². The molecule has 1 amide bonds. The van der Waals surface area contributed by atoms with Crippen molar-refractivity contribution in [2.45, 2.75) is 18.9 Å². The van der Waals surface area contributed by atoms with E-state index in [1.807, 2.05) is 22.9 Å². The molecule has 0 aromatic carbocycles. The normalized spacial score (nSPS) is 23.7. The van der Waals surface area contributed by atoms with Gasteiger partial charge in [0, 0.05) is 25.8 Å². The van der Waals surface area contributed by atoms with Crippen molar-refractivity contribution in [3.8, 4) is 6.07 Å². The molecule has 0 N–H and O–H groups in total. The summed E-state index contributed by atoms with van der Waals surface area (Å²) in [5.74, 6) is 1.67. The molecule has 1 aliphatic heterocycles. The van der Waals surface area contributed by atoms with Crippen LogP contribution in [0.4, 0.5) is 5.82 Å². The van der Waals surface area contributed by atoms with Crippen LogP contribution in [-0.4, -0.2) is 42.0 Å². The summed E-state index contributed by atoms with van der Waals surface area (Å²) in [6, 6.07) is 6.03. The minimum absolute atomic E-state index is 0.179. The molecule has 1 aliphatic carbocycles. The summed E-state index contributed by atoms with van der Waals surface area (Å²) in [6.45, 7) is 1.25. The van der Waals surface area contributed by atoms with Crippen molar-refractivity contribution in [1.29, 1.82) is 5.26 Å². The summed E-state index contributed by atoms with van der Waals surface area (Å²) >= 11 is 0. The fourth-order valence-electron chi connectivity index (χ4n) is 2.76. The molecule has 2 heterocycles. The number of piperidine rings is 1. The highest BCUT2D eigenvalue weighted by Crippen LogP contribution is 2.44. The quantitative estimate of drug-likeness (QED) is 0.810. The first kappa shape index (κ1) is 12.0. The van der Waals surface area contributed by atoms with E-state index in [9.17, 15) is 4.79 Å². The molecule has 0 spiro atoms. The van der Waals surface area contributed by atoms with Gasteiger partial charge in [-0.25, -0.2) is 4.98 Å². The minimum Gasteiger partial charge on any atom is -0.350 e. The summed E-state index contributed by atoms with van der Waals surface area (Å²) in [5.41, 5.74) is 0.531. The number of hydrogen-bond acceptors (Lipinski definition) is 4. The number of aromatic nitrogens is 1.